The number of sulfonamides is 1. The van der Waals surface area contributed by atoms with Crippen molar-refractivity contribution in [2.24, 2.45) is 0 Å². The molecule has 2 aromatic rings. The van der Waals surface area contributed by atoms with Crippen molar-refractivity contribution < 1.29 is 13.2 Å². The van der Waals surface area contributed by atoms with Gasteiger partial charge in [0.05, 0.1) is 6.26 Å². The van der Waals surface area contributed by atoms with E-state index in [1.807, 2.05) is 6.07 Å². The van der Waals surface area contributed by atoms with Gasteiger partial charge in [-0.25, -0.2) is 8.42 Å². The number of carbonyl (C=O) groups is 1. The molecule has 0 atom stereocenters. The lowest BCUT2D eigenvalue weighted by molar-refractivity contribution is -0.111. The Morgan fingerprint density at radius 3 is 2.35 bits per heavy atom. The van der Waals surface area contributed by atoms with Gasteiger partial charge in [-0.05, 0) is 48.0 Å². The quantitative estimate of drug-likeness (QED) is 0.812. The van der Waals surface area contributed by atoms with E-state index in [1.165, 1.54) is 6.08 Å². The van der Waals surface area contributed by atoms with Gasteiger partial charge in [0.2, 0.25) is 15.9 Å². The second kappa shape index (κ2) is 7.30. The van der Waals surface area contributed by atoms with Crippen LogP contribution in [0.1, 0.15) is 5.56 Å². The van der Waals surface area contributed by atoms with Crippen LogP contribution in [-0.2, 0) is 14.8 Å². The van der Waals surface area contributed by atoms with Gasteiger partial charge in [-0.15, -0.1) is 0 Å². The van der Waals surface area contributed by atoms with Crippen LogP contribution >= 0.6 is 11.6 Å². The van der Waals surface area contributed by atoms with E-state index in [2.05, 4.69) is 10.0 Å². The molecule has 0 bridgehead atoms. The molecule has 5 nitrogen and oxygen atoms in total. The Hall–Kier alpha value is -2.31. The van der Waals surface area contributed by atoms with Gasteiger partial charge < -0.3 is 5.32 Å². The number of nitrogens with one attached hydrogen (secondary N) is 2. The Balaban J connectivity index is 1.97. The Labute approximate surface area is 140 Å². The van der Waals surface area contributed by atoms with Crippen molar-refractivity contribution in [2.45, 2.75) is 0 Å². The van der Waals surface area contributed by atoms with Crippen LogP contribution in [0, 0.1) is 0 Å². The number of rotatable bonds is 5. The van der Waals surface area contributed by atoms with Gasteiger partial charge in [-0.2, -0.15) is 0 Å². The lowest BCUT2D eigenvalue weighted by Crippen LogP contribution is -2.10. The van der Waals surface area contributed by atoms with Crippen LogP contribution in [0.15, 0.2) is 54.6 Å². The molecule has 0 aliphatic rings. The predicted octanol–water partition coefficient (Wildman–Crippen LogP) is 3.36. The molecule has 0 aromatic heterocycles. The van der Waals surface area contributed by atoms with Crippen LogP contribution in [-0.4, -0.2) is 20.6 Å². The maximum atomic E-state index is 11.8. The summed E-state index contributed by atoms with van der Waals surface area (Å²) < 4.78 is 24.6. The van der Waals surface area contributed by atoms with Gasteiger partial charge in [0, 0.05) is 22.5 Å². The second-order valence-electron chi connectivity index (χ2n) is 4.83. The van der Waals surface area contributed by atoms with Gasteiger partial charge in [0.15, 0.2) is 0 Å². The van der Waals surface area contributed by atoms with Crippen LogP contribution in [0.25, 0.3) is 6.08 Å². The molecule has 0 spiro atoms. The zero-order valence-electron chi connectivity index (χ0n) is 12.3. The third kappa shape index (κ3) is 6.14. The highest BCUT2D eigenvalue weighted by Gasteiger charge is 2.02. The lowest BCUT2D eigenvalue weighted by atomic mass is 10.2. The maximum Gasteiger partial charge on any atom is 0.248 e. The summed E-state index contributed by atoms with van der Waals surface area (Å²) in [5.41, 5.74) is 1.81. The minimum Gasteiger partial charge on any atom is -0.323 e. The first-order valence-corrected chi connectivity index (χ1v) is 8.91. The molecule has 0 radical (unpaired) electrons. The molecule has 0 heterocycles. The fourth-order valence-electron chi connectivity index (χ4n) is 1.80. The number of amides is 1. The number of benzene rings is 2. The summed E-state index contributed by atoms with van der Waals surface area (Å²) in [6.45, 7) is 0. The zero-order chi connectivity index (χ0) is 16.9. The van der Waals surface area contributed by atoms with Crippen molar-refractivity contribution in [3.05, 3.63) is 65.2 Å². The molecule has 0 aliphatic carbocycles. The van der Waals surface area contributed by atoms with E-state index in [0.717, 1.165) is 11.8 Å². The molecule has 2 rings (SSSR count). The summed E-state index contributed by atoms with van der Waals surface area (Å²) in [6.07, 6.45) is 4.12. The monoisotopic (exact) mass is 350 g/mol. The third-order valence-corrected chi connectivity index (χ3v) is 3.57. The summed E-state index contributed by atoms with van der Waals surface area (Å²) in [7, 11) is -3.32. The van der Waals surface area contributed by atoms with Crippen LogP contribution in [0.4, 0.5) is 11.4 Å². The average Bonchev–Trinajstić information content (AvgIpc) is 2.46. The lowest BCUT2D eigenvalue weighted by Gasteiger charge is -2.06. The van der Waals surface area contributed by atoms with Gasteiger partial charge in [-0.1, -0.05) is 23.7 Å². The summed E-state index contributed by atoms with van der Waals surface area (Å²) in [5, 5.41) is 3.28. The normalized spacial score (nSPS) is 11.4. The number of hydrogen-bond donors (Lipinski definition) is 2. The first-order chi connectivity index (χ1) is 10.8. The molecule has 0 saturated carbocycles. The number of hydrogen-bond acceptors (Lipinski definition) is 3. The molecule has 1 amide bonds. The van der Waals surface area contributed by atoms with Crippen LogP contribution < -0.4 is 10.0 Å². The van der Waals surface area contributed by atoms with E-state index in [4.69, 9.17) is 11.6 Å². The molecule has 0 unspecified atom stereocenters. The summed E-state index contributed by atoms with van der Waals surface area (Å²) in [5.74, 6) is -0.297. The zero-order valence-corrected chi connectivity index (χ0v) is 13.9. The van der Waals surface area contributed by atoms with Gasteiger partial charge in [-0.3, -0.25) is 9.52 Å². The molecule has 120 valence electrons. The van der Waals surface area contributed by atoms with Crippen LogP contribution in [0.2, 0.25) is 5.02 Å². The second-order valence-corrected chi connectivity index (χ2v) is 7.01. The van der Waals surface area contributed by atoms with E-state index < -0.39 is 10.0 Å². The van der Waals surface area contributed by atoms with Crippen molar-refractivity contribution in [3.63, 3.8) is 0 Å². The van der Waals surface area contributed by atoms with E-state index in [1.54, 1.807) is 48.5 Å². The van der Waals surface area contributed by atoms with E-state index in [-0.39, 0.29) is 5.91 Å². The Morgan fingerprint density at radius 2 is 1.74 bits per heavy atom. The first-order valence-electron chi connectivity index (χ1n) is 6.64. The van der Waals surface area contributed by atoms with Crippen molar-refractivity contribution in [2.75, 3.05) is 16.3 Å². The van der Waals surface area contributed by atoms with E-state index in [0.29, 0.717) is 16.4 Å². The third-order valence-electron chi connectivity index (χ3n) is 2.73. The topological polar surface area (TPSA) is 75.3 Å². The van der Waals surface area contributed by atoms with Crippen molar-refractivity contribution in [1.82, 2.24) is 0 Å². The molecular formula is C16H15ClN2O3S. The fraction of sp³-hybridized carbons (Fsp3) is 0.0625. The highest BCUT2D eigenvalue weighted by molar-refractivity contribution is 7.92. The number of halogens is 1. The van der Waals surface area contributed by atoms with Crippen molar-refractivity contribution >= 4 is 45.0 Å². The largest absolute Gasteiger partial charge is 0.323 e. The molecule has 0 aliphatic heterocycles. The standard InChI is InChI=1S/C16H15ClN2O3S/c1-23(21,22)19-15-8-6-14(7-9-15)18-16(20)10-5-12-3-2-4-13(17)11-12/h2-11,19H,1H3,(H,18,20)/b10-5+. The molecule has 0 saturated heterocycles. The minimum atomic E-state index is -3.32. The predicted molar refractivity (Wildman–Crippen MR) is 94.0 cm³/mol. The maximum absolute atomic E-state index is 11.8. The SMILES string of the molecule is CS(=O)(=O)Nc1ccc(NC(=O)/C=C/c2cccc(Cl)c2)cc1. The highest BCUT2D eigenvalue weighted by atomic mass is 35.5. The van der Waals surface area contributed by atoms with E-state index >= 15 is 0 Å². The van der Waals surface area contributed by atoms with Gasteiger partial charge in [0.1, 0.15) is 0 Å². The Bertz CT molecular complexity index is 831. The fourth-order valence-corrected chi connectivity index (χ4v) is 2.56. The van der Waals surface area contributed by atoms with Crippen LogP contribution in [0.3, 0.4) is 0 Å². The average molecular weight is 351 g/mol. The summed E-state index contributed by atoms with van der Waals surface area (Å²) in [4.78, 5) is 11.8. The Kier molecular flexibility index (Phi) is 5.41. The van der Waals surface area contributed by atoms with Gasteiger partial charge in [0.25, 0.3) is 0 Å². The minimum absolute atomic E-state index is 0.297. The Morgan fingerprint density at radius 1 is 1.09 bits per heavy atom. The summed E-state index contributed by atoms with van der Waals surface area (Å²) >= 11 is 5.87. The van der Waals surface area contributed by atoms with E-state index in [9.17, 15) is 13.2 Å². The molecule has 2 aromatic carbocycles. The van der Waals surface area contributed by atoms with Crippen LogP contribution in [0.5, 0.6) is 0 Å². The van der Waals surface area contributed by atoms with Gasteiger partial charge >= 0.3 is 0 Å². The molecular weight excluding hydrogens is 336 g/mol. The molecule has 7 heteroatoms. The highest BCUT2D eigenvalue weighted by Crippen LogP contribution is 2.15. The molecule has 0 fully saturated rings. The van der Waals surface area contributed by atoms with Crippen molar-refractivity contribution in [1.29, 1.82) is 0 Å². The summed E-state index contributed by atoms with van der Waals surface area (Å²) in [6, 6.07) is 13.5. The molecule has 2 N–H and O–H groups in total. The smallest absolute Gasteiger partial charge is 0.248 e. The number of anilines is 2. The van der Waals surface area contributed by atoms with Crippen molar-refractivity contribution in [3.8, 4) is 0 Å². The first kappa shape index (κ1) is 17.1. The number of carbonyl (C=O) groups excluding carboxylic acids is 1. The molecule has 23 heavy (non-hydrogen) atoms.